The molecule has 3 nitrogen and oxygen atoms in total. The second kappa shape index (κ2) is 4.10. The highest BCUT2D eigenvalue weighted by Crippen LogP contribution is 2.17. The van der Waals surface area contributed by atoms with Gasteiger partial charge >= 0.3 is 0 Å². The van der Waals surface area contributed by atoms with E-state index in [9.17, 15) is 4.39 Å². The van der Waals surface area contributed by atoms with E-state index in [1.807, 2.05) is 0 Å². The fourth-order valence-corrected chi connectivity index (χ4v) is 1.37. The number of nitrogens with two attached hydrogens (primary N) is 1. The Hall–Kier alpha value is -2.23. The van der Waals surface area contributed by atoms with Crippen LogP contribution in [-0.4, -0.2) is 10.8 Å². The summed E-state index contributed by atoms with van der Waals surface area (Å²) in [5.41, 5.74) is 7.23. The van der Waals surface area contributed by atoms with Gasteiger partial charge in [0.15, 0.2) is 0 Å². The number of hydrogen-bond acceptors (Lipinski definition) is 2. The Bertz CT molecular complexity index is 520. The van der Waals surface area contributed by atoms with E-state index in [0.29, 0.717) is 11.4 Å². The predicted molar refractivity (Wildman–Crippen MR) is 60.6 cm³/mol. The fraction of sp³-hybridized carbons (Fsp3) is 0. The third kappa shape index (κ3) is 2.06. The molecular formula is C12H10FN3. The van der Waals surface area contributed by atoms with Crippen molar-refractivity contribution in [1.29, 1.82) is 5.41 Å². The highest BCUT2D eigenvalue weighted by atomic mass is 19.1. The lowest BCUT2D eigenvalue weighted by Crippen LogP contribution is -2.13. The van der Waals surface area contributed by atoms with Crippen LogP contribution in [0.4, 0.5) is 4.39 Å². The topological polar surface area (TPSA) is 62.8 Å². The first-order valence-corrected chi connectivity index (χ1v) is 4.74. The number of benzene rings is 1. The molecule has 3 N–H and O–H groups in total. The lowest BCUT2D eigenvalue weighted by atomic mass is 10.1. The molecule has 0 aliphatic heterocycles. The maximum Gasteiger partial charge on any atom is 0.141 e. The Labute approximate surface area is 92.3 Å². The number of hydrogen-bond donors (Lipinski definition) is 2. The van der Waals surface area contributed by atoms with Crippen molar-refractivity contribution in [3.8, 4) is 11.3 Å². The van der Waals surface area contributed by atoms with E-state index >= 15 is 0 Å². The van der Waals surface area contributed by atoms with E-state index in [4.69, 9.17) is 11.1 Å². The normalized spacial score (nSPS) is 10.1. The summed E-state index contributed by atoms with van der Waals surface area (Å²) >= 11 is 0. The summed E-state index contributed by atoms with van der Waals surface area (Å²) in [4.78, 5) is 4.20. The summed E-state index contributed by atoms with van der Waals surface area (Å²) in [6.07, 6.45) is 0. The lowest BCUT2D eigenvalue weighted by Gasteiger charge is -2.03. The maximum atomic E-state index is 12.7. The van der Waals surface area contributed by atoms with Crippen LogP contribution in [0, 0.1) is 11.2 Å². The van der Waals surface area contributed by atoms with Gasteiger partial charge in [0.05, 0.1) is 5.69 Å². The molecule has 16 heavy (non-hydrogen) atoms. The Morgan fingerprint density at radius 1 is 1.12 bits per heavy atom. The Morgan fingerprint density at radius 2 is 1.81 bits per heavy atom. The van der Waals surface area contributed by atoms with Gasteiger partial charge in [-0.05, 0) is 36.4 Å². The molecule has 0 bridgehead atoms. The zero-order valence-corrected chi connectivity index (χ0v) is 8.44. The van der Waals surface area contributed by atoms with Gasteiger partial charge in [0.2, 0.25) is 0 Å². The molecular weight excluding hydrogens is 205 g/mol. The lowest BCUT2D eigenvalue weighted by molar-refractivity contribution is 0.628. The molecule has 0 saturated heterocycles. The Balaban J connectivity index is 2.44. The van der Waals surface area contributed by atoms with Crippen molar-refractivity contribution in [3.63, 3.8) is 0 Å². The van der Waals surface area contributed by atoms with Crippen LogP contribution >= 0.6 is 0 Å². The zero-order valence-electron chi connectivity index (χ0n) is 8.44. The number of nitrogens with one attached hydrogen (secondary N) is 1. The molecule has 2 aromatic rings. The first-order chi connectivity index (χ1) is 7.66. The smallest absolute Gasteiger partial charge is 0.141 e. The minimum atomic E-state index is -0.286. The van der Waals surface area contributed by atoms with Crippen LogP contribution in [0.15, 0.2) is 42.5 Å². The average Bonchev–Trinajstić information content (AvgIpc) is 2.30. The standard InChI is InChI=1S/C12H10FN3/c13-9-6-4-8(5-7-9)10-2-1-3-11(16-10)12(14)15/h1-7H,(H3,14,15). The van der Waals surface area contributed by atoms with Crippen molar-refractivity contribution in [3.05, 3.63) is 54.0 Å². The van der Waals surface area contributed by atoms with E-state index in [1.54, 1.807) is 30.3 Å². The molecule has 0 radical (unpaired) electrons. The van der Waals surface area contributed by atoms with Gasteiger partial charge in [0.1, 0.15) is 17.3 Å². The Morgan fingerprint density at radius 3 is 2.44 bits per heavy atom. The molecule has 2 rings (SSSR count). The first kappa shape index (κ1) is 10.3. The van der Waals surface area contributed by atoms with Gasteiger partial charge in [-0.25, -0.2) is 9.37 Å². The van der Waals surface area contributed by atoms with Gasteiger partial charge in [-0.15, -0.1) is 0 Å². The molecule has 0 amide bonds. The summed E-state index contributed by atoms with van der Waals surface area (Å²) in [6.45, 7) is 0. The SMILES string of the molecule is N=C(N)c1cccc(-c2ccc(F)cc2)n1. The molecule has 0 spiro atoms. The van der Waals surface area contributed by atoms with E-state index in [1.165, 1.54) is 12.1 Å². The van der Waals surface area contributed by atoms with Crippen molar-refractivity contribution >= 4 is 5.84 Å². The number of nitrogens with zero attached hydrogens (tertiary/aromatic N) is 1. The van der Waals surface area contributed by atoms with Crippen LogP contribution in [0.25, 0.3) is 11.3 Å². The monoisotopic (exact) mass is 215 g/mol. The summed E-state index contributed by atoms with van der Waals surface area (Å²) in [5, 5.41) is 7.28. The highest BCUT2D eigenvalue weighted by molar-refractivity contribution is 5.93. The number of amidine groups is 1. The molecule has 0 saturated carbocycles. The van der Waals surface area contributed by atoms with Crippen molar-refractivity contribution in [1.82, 2.24) is 4.98 Å². The molecule has 4 heteroatoms. The van der Waals surface area contributed by atoms with E-state index in [2.05, 4.69) is 4.98 Å². The van der Waals surface area contributed by atoms with Gasteiger partial charge in [-0.3, -0.25) is 5.41 Å². The molecule has 1 heterocycles. The predicted octanol–water partition coefficient (Wildman–Crippen LogP) is 2.17. The number of rotatable bonds is 2. The van der Waals surface area contributed by atoms with Crippen LogP contribution < -0.4 is 5.73 Å². The van der Waals surface area contributed by atoms with E-state index < -0.39 is 0 Å². The van der Waals surface area contributed by atoms with Crippen LogP contribution in [0.1, 0.15) is 5.69 Å². The summed E-state index contributed by atoms with van der Waals surface area (Å²) in [7, 11) is 0. The van der Waals surface area contributed by atoms with E-state index in [0.717, 1.165) is 5.56 Å². The average molecular weight is 215 g/mol. The van der Waals surface area contributed by atoms with Crippen LogP contribution in [0.2, 0.25) is 0 Å². The quantitative estimate of drug-likeness (QED) is 0.595. The van der Waals surface area contributed by atoms with Crippen molar-refractivity contribution < 1.29 is 4.39 Å². The minimum Gasteiger partial charge on any atom is -0.382 e. The molecule has 80 valence electrons. The first-order valence-electron chi connectivity index (χ1n) is 4.74. The third-order valence-electron chi connectivity index (χ3n) is 2.17. The maximum absolute atomic E-state index is 12.7. The van der Waals surface area contributed by atoms with Crippen molar-refractivity contribution in [2.24, 2.45) is 5.73 Å². The van der Waals surface area contributed by atoms with Gasteiger partial charge < -0.3 is 5.73 Å². The molecule has 1 aromatic heterocycles. The summed E-state index contributed by atoms with van der Waals surface area (Å²) in [6, 6.07) is 11.2. The molecule has 0 aliphatic carbocycles. The van der Waals surface area contributed by atoms with Gasteiger partial charge in [0.25, 0.3) is 0 Å². The van der Waals surface area contributed by atoms with Crippen LogP contribution in [-0.2, 0) is 0 Å². The van der Waals surface area contributed by atoms with Crippen LogP contribution in [0.3, 0.4) is 0 Å². The van der Waals surface area contributed by atoms with Gasteiger partial charge in [0, 0.05) is 5.56 Å². The number of nitrogen functional groups attached to an aromatic ring is 1. The molecule has 0 unspecified atom stereocenters. The van der Waals surface area contributed by atoms with Crippen molar-refractivity contribution in [2.75, 3.05) is 0 Å². The zero-order chi connectivity index (χ0) is 11.5. The largest absolute Gasteiger partial charge is 0.382 e. The number of pyridine rings is 1. The number of halogens is 1. The molecule has 0 atom stereocenters. The molecule has 1 aromatic carbocycles. The summed E-state index contributed by atoms with van der Waals surface area (Å²) in [5.74, 6) is -0.365. The van der Waals surface area contributed by atoms with Gasteiger partial charge in [-0.1, -0.05) is 6.07 Å². The molecule has 0 fully saturated rings. The second-order valence-electron chi connectivity index (χ2n) is 3.33. The van der Waals surface area contributed by atoms with Crippen LogP contribution in [0.5, 0.6) is 0 Å². The minimum absolute atomic E-state index is 0.0797. The Kier molecular flexibility index (Phi) is 2.64. The third-order valence-corrected chi connectivity index (χ3v) is 2.17. The second-order valence-corrected chi connectivity index (χ2v) is 3.33. The van der Waals surface area contributed by atoms with E-state index in [-0.39, 0.29) is 11.7 Å². The molecule has 0 aliphatic rings. The fourth-order valence-electron chi connectivity index (χ4n) is 1.37. The highest BCUT2D eigenvalue weighted by Gasteiger charge is 2.02. The van der Waals surface area contributed by atoms with Crippen molar-refractivity contribution in [2.45, 2.75) is 0 Å². The number of aromatic nitrogens is 1. The van der Waals surface area contributed by atoms with Gasteiger partial charge in [-0.2, -0.15) is 0 Å². The summed E-state index contributed by atoms with van der Waals surface area (Å²) < 4.78 is 12.7.